The molecule has 7 heteroatoms. The van der Waals surface area contributed by atoms with Crippen LogP contribution >= 0.6 is 24.0 Å². The Kier molecular flexibility index (Phi) is 11.3. The lowest BCUT2D eigenvalue weighted by atomic mass is 10.1. The summed E-state index contributed by atoms with van der Waals surface area (Å²) >= 11 is 0. The van der Waals surface area contributed by atoms with E-state index in [1.54, 1.807) is 19.3 Å². The van der Waals surface area contributed by atoms with Crippen molar-refractivity contribution in [3.63, 3.8) is 0 Å². The predicted octanol–water partition coefficient (Wildman–Crippen LogP) is 3.44. The van der Waals surface area contributed by atoms with Crippen LogP contribution in [0.3, 0.4) is 0 Å². The molecule has 3 N–H and O–H groups in total. The second kappa shape index (κ2) is 13.3. The Hall–Kier alpha value is -1.90. The van der Waals surface area contributed by atoms with Crippen LogP contribution < -0.4 is 16.0 Å². The molecule has 0 atom stereocenters. The molecule has 2 aromatic rings. The molecule has 142 valence electrons. The molecule has 0 fully saturated rings. The van der Waals surface area contributed by atoms with Crippen molar-refractivity contribution in [3.8, 4) is 0 Å². The first-order chi connectivity index (χ1) is 12.3. The quantitative estimate of drug-likeness (QED) is 0.227. The maximum absolute atomic E-state index is 13.6. The predicted molar refractivity (Wildman–Crippen MR) is 117 cm³/mol. The number of nitrogens with zero attached hydrogens (tertiary/aromatic N) is 2. The fourth-order valence-electron chi connectivity index (χ4n) is 2.38. The summed E-state index contributed by atoms with van der Waals surface area (Å²) in [4.78, 5) is 8.40. The fourth-order valence-corrected chi connectivity index (χ4v) is 2.38. The van der Waals surface area contributed by atoms with Crippen LogP contribution in [0, 0.1) is 5.82 Å². The van der Waals surface area contributed by atoms with Gasteiger partial charge in [-0.15, -0.1) is 24.0 Å². The monoisotopic (exact) mass is 471 g/mol. The molecule has 0 aliphatic heterocycles. The topological polar surface area (TPSA) is 61.3 Å². The summed E-state index contributed by atoms with van der Waals surface area (Å²) in [7, 11) is 1.74. The molecule has 1 heterocycles. The van der Waals surface area contributed by atoms with E-state index in [0.717, 1.165) is 37.7 Å². The highest BCUT2D eigenvalue weighted by atomic mass is 127. The molecule has 26 heavy (non-hydrogen) atoms. The number of nitrogens with one attached hydrogen (secondary N) is 3. The molecular weight excluding hydrogens is 444 g/mol. The van der Waals surface area contributed by atoms with Crippen LogP contribution in [0.5, 0.6) is 0 Å². The van der Waals surface area contributed by atoms with Crippen molar-refractivity contribution >= 4 is 35.8 Å². The summed E-state index contributed by atoms with van der Waals surface area (Å²) in [6, 6.07) is 12.7. The summed E-state index contributed by atoms with van der Waals surface area (Å²) < 4.78 is 13.6. The lowest BCUT2D eigenvalue weighted by molar-refractivity contribution is 0.606. The number of aromatic nitrogens is 1. The molecule has 0 amide bonds. The number of hydrogen-bond acceptors (Lipinski definition) is 3. The van der Waals surface area contributed by atoms with Crippen LogP contribution in [0.15, 0.2) is 53.7 Å². The normalized spacial score (nSPS) is 10.8. The molecule has 0 saturated heterocycles. The number of unbranched alkanes of at least 4 members (excludes halogenated alkanes) is 1. The SMILES string of the molecule is CN=C(NCCCCNc1ccccn1)NCCc1ccccc1F.I. The molecule has 1 aromatic carbocycles. The van der Waals surface area contributed by atoms with E-state index in [2.05, 4.69) is 25.9 Å². The second-order valence-corrected chi connectivity index (χ2v) is 5.62. The zero-order valence-electron chi connectivity index (χ0n) is 15.0. The first kappa shape index (κ1) is 22.1. The number of guanidine groups is 1. The molecule has 5 nitrogen and oxygen atoms in total. The van der Waals surface area contributed by atoms with E-state index in [-0.39, 0.29) is 29.8 Å². The van der Waals surface area contributed by atoms with E-state index in [1.807, 2.05) is 30.3 Å². The Morgan fingerprint density at radius 2 is 1.73 bits per heavy atom. The third-order valence-corrected chi connectivity index (χ3v) is 3.74. The number of anilines is 1. The number of pyridine rings is 1. The van der Waals surface area contributed by atoms with Gasteiger partial charge in [0, 0.05) is 32.9 Å². The molecule has 0 bridgehead atoms. The van der Waals surface area contributed by atoms with E-state index in [0.29, 0.717) is 18.5 Å². The first-order valence-electron chi connectivity index (χ1n) is 8.62. The summed E-state index contributed by atoms with van der Waals surface area (Å²) in [6.07, 6.45) is 4.46. The summed E-state index contributed by atoms with van der Waals surface area (Å²) in [5, 5.41) is 9.76. The standard InChI is InChI=1S/C19H26FN5.HI/c1-21-19(25-15-11-16-8-2-3-9-17(16)20)24-14-7-6-13-23-18-10-4-5-12-22-18;/h2-5,8-10,12H,6-7,11,13-15H2,1H3,(H,22,23)(H2,21,24,25);1H. The van der Waals surface area contributed by atoms with Gasteiger partial charge in [-0.3, -0.25) is 4.99 Å². The number of halogens is 2. The molecule has 0 saturated carbocycles. The van der Waals surface area contributed by atoms with Crippen molar-refractivity contribution < 1.29 is 4.39 Å². The van der Waals surface area contributed by atoms with Crippen molar-refractivity contribution in [1.29, 1.82) is 0 Å². The molecule has 0 aliphatic rings. The van der Waals surface area contributed by atoms with Gasteiger partial charge in [0.25, 0.3) is 0 Å². The van der Waals surface area contributed by atoms with Gasteiger partial charge in [-0.2, -0.15) is 0 Å². The van der Waals surface area contributed by atoms with E-state index < -0.39 is 0 Å². The highest BCUT2D eigenvalue weighted by Gasteiger charge is 2.01. The van der Waals surface area contributed by atoms with Gasteiger partial charge in [-0.05, 0) is 43.0 Å². The molecule has 2 rings (SSSR count). The largest absolute Gasteiger partial charge is 0.370 e. The van der Waals surface area contributed by atoms with Crippen LogP contribution in [0.1, 0.15) is 18.4 Å². The Morgan fingerprint density at radius 1 is 1.00 bits per heavy atom. The molecule has 0 spiro atoms. The van der Waals surface area contributed by atoms with Crippen LogP contribution in [0.4, 0.5) is 10.2 Å². The lowest BCUT2D eigenvalue weighted by Crippen LogP contribution is -2.38. The minimum atomic E-state index is -0.160. The number of hydrogen-bond donors (Lipinski definition) is 3. The zero-order chi connectivity index (χ0) is 17.7. The van der Waals surface area contributed by atoms with Crippen LogP contribution in [0.25, 0.3) is 0 Å². The maximum Gasteiger partial charge on any atom is 0.190 e. The van der Waals surface area contributed by atoms with Gasteiger partial charge in [0.2, 0.25) is 0 Å². The van der Waals surface area contributed by atoms with Gasteiger partial charge in [0.1, 0.15) is 11.6 Å². The van der Waals surface area contributed by atoms with E-state index in [1.165, 1.54) is 6.07 Å². The van der Waals surface area contributed by atoms with Crippen LogP contribution in [-0.4, -0.2) is 37.6 Å². The minimum absolute atomic E-state index is 0. The average molecular weight is 471 g/mol. The van der Waals surface area contributed by atoms with Gasteiger partial charge in [-0.1, -0.05) is 24.3 Å². The van der Waals surface area contributed by atoms with Gasteiger partial charge >= 0.3 is 0 Å². The average Bonchev–Trinajstić information content (AvgIpc) is 2.65. The Morgan fingerprint density at radius 3 is 2.46 bits per heavy atom. The lowest BCUT2D eigenvalue weighted by Gasteiger charge is -2.12. The summed E-state index contributed by atoms with van der Waals surface area (Å²) in [5.41, 5.74) is 0.714. The molecule has 0 aliphatic carbocycles. The highest BCUT2D eigenvalue weighted by molar-refractivity contribution is 14.0. The summed E-state index contributed by atoms with van der Waals surface area (Å²) in [5.74, 6) is 1.49. The van der Waals surface area contributed by atoms with Gasteiger partial charge in [0.15, 0.2) is 5.96 Å². The summed E-state index contributed by atoms with van der Waals surface area (Å²) in [6.45, 7) is 2.36. The highest BCUT2D eigenvalue weighted by Crippen LogP contribution is 2.06. The van der Waals surface area contributed by atoms with Gasteiger partial charge in [-0.25, -0.2) is 9.37 Å². The molecule has 1 aromatic heterocycles. The Bertz CT molecular complexity index is 651. The van der Waals surface area contributed by atoms with Gasteiger partial charge in [0.05, 0.1) is 0 Å². The molecular formula is C19H27FIN5. The minimum Gasteiger partial charge on any atom is -0.370 e. The Balaban J connectivity index is 0.00000338. The number of benzene rings is 1. The number of rotatable bonds is 9. The van der Waals surface area contributed by atoms with Gasteiger partial charge < -0.3 is 16.0 Å². The maximum atomic E-state index is 13.6. The zero-order valence-corrected chi connectivity index (χ0v) is 17.4. The smallest absolute Gasteiger partial charge is 0.190 e. The van der Waals surface area contributed by atoms with Crippen LogP contribution in [0.2, 0.25) is 0 Å². The third kappa shape index (κ3) is 8.46. The number of aliphatic imine (C=N–C) groups is 1. The second-order valence-electron chi connectivity index (χ2n) is 5.62. The third-order valence-electron chi connectivity index (χ3n) is 3.74. The van der Waals surface area contributed by atoms with Crippen molar-refractivity contribution in [3.05, 3.63) is 60.0 Å². The van der Waals surface area contributed by atoms with E-state index >= 15 is 0 Å². The van der Waals surface area contributed by atoms with Crippen LogP contribution in [-0.2, 0) is 6.42 Å². The molecule has 0 radical (unpaired) electrons. The molecule has 0 unspecified atom stereocenters. The van der Waals surface area contributed by atoms with Crippen molar-refractivity contribution in [1.82, 2.24) is 15.6 Å². The van der Waals surface area contributed by atoms with E-state index in [9.17, 15) is 4.39 Å². The van der Waals surface area contributed by atoms with Crippen molar-refractivity contribution in [2.75, 3.05) is 32.0 Å². The van der Waals surface area contributed by atoms with Crippen molar-refractivity contribution in [2.24, 2.45) is 4.99 Å². The fraction of sp³-hybridized carbons (Fsp3) is 0.368. The first-order valence-corrected chi connectivity index (χ1v) is 8.62. The van der Waals surface area contributed by atoms with E-state index in [4.69, 9.17) is 0 Å². The van der Waals surface area contributed by atoms with Crippen molar-refractivity contribution in [2.45, 2.75) is 19.3 Å². The Labute approximate surface area is 171 Å².